The van der Waals surface area contributed by atoms with Gasteiger partial charge in [-0.3, -0.25) is 0 Å². The third-order valence-corrected chi connectivity index (χ3v) is 5.43. The minimum Gasteiger partial charge on any atom is -0.320 e. The highest BCUT2D eigenvalue weighted by Gasteiger charge is 2.33. The lowest BCUT2D eigenvalue weighted by molar-refractivity contribution is 0.204. The van der Waals surface area contributed by atoms with Crippen molar-refractivity contribution in [2.24, 2.45) is 0 Å². The molecule has 0 aromatic carbocycles. The molecule has 1 saturated heterocycles. The molecule has 0 bridgehead atoms. The normalized spacial score (nSPS) is 28.2. The smallest absolute Gasteiger partial charge is 0.214 e. The Morgan fingerprint density at radius 1 is 1.25 bits per heavy atom. The van der Waals surface area contributed by atoms with Gasteiger partial charge in [-0.05, 0) is 46.7 Å². The minimum absolute atomic E-state index is 0.170. The van der Waals surface area contributed by atoms with Crippen molar-refractivity contribution in [3.05, 3.63) is 0 Å². The Kier molecular flexibility index (Phi) is 5.21. The maximum atomic E-state index is 12.2. The Labute approximate surface area is 99.5 Å². The van der Waals surface area contributed by atoms with E-state index in [2.05, 4.69) is 5.32 Å². The van der Waals surface area contributed by atoms with E-state index in [-0.39, 0.29) is 17.8 Å². The lowest BCUT2D eigenvalue weighted by Gasteiger charge is -2.37. The fraction of sp³-hybridized carbons (Fsp3) is 1.00. The summed E-state index contributed by atoms with van der Waals surface area (Å²) in [5.41, 5.74) is 0. The second-order valence-electron chi connectivity index (χ2n) is 4.73. The molecule has 2 atom stereocenters. The first-order chi connectivity index (χ1) is 7.49. The van der Waals surface area contributed by atoms with Crippen molar-refractivity contribution < 1.29 is 8.42 Å². The van der Waals surface area contributed by atoms with Crippen LogP contribution in [0.1, 0.15) is 39.5 Å². The Bertz CT molecular complexity index is 293. The molecule has 2 unspecified atom stereocenters. The van der Waals surface area contributed by atoms with Crippen molar-refractivity contribution in [2.45, 2.75) is 51.6 Å². The van der Waals surface area contributed by atoms with Crippen LogP contribution in [0, 0.1) is 0 Å². The molecule has 1 heterocycles. The van der Waals surface area contributed by atoms with Gasteiger partial charge in [0.1, 0.15) is 0 Å². The molecule has 1 aliphatic rings. The molecule has 96 valence electrons. The van der Waals surface area contributed by atoms with Crippen LogP contribution in [0.3, 0.4) is 0 Å². The quantitative estimate of drug-likeness (QED) is 0.744. The van der Waals surface area contributed by atoms with Crippen LogP contribution in [-0.2, 0) is 10.0 Å². The number of nitrogens with one attached hydrogen (secondary N) is 1. The predicted octanol–water partition coefficient (Wildman–Crippen LogP) is 1.19. The van der Waals surface area contributed by atoms with Crippen LogP contribution in [0.25, 0.3) is 0 Å². The fourth-order valence-electron chi connectivity index (χ4n) is 2.48. The van der Waals surface area contributed by atoms with Gasteiger partial charge in [-0.2, -0.15) is 4.31 Å². The zero-order valence-electron chi connectivity index (χ0n) is 10.6. The molecule has 16 heavy (non-hydrogen) atoms. The molecule has 0 radical (unpaired) electrons. The molecule has 0 aromatic rings. The van der Waals surface area contributed by atoms with Crippen molar-refractivity contribution in [3.63, 3.8) is 0 Å². The van der Waals surface area contributed by atoms with E-state index in [9.17, 15) is 8.42 Å². The van der Waals surface area contributed by atoms with Crippen LogP contribution in [0.4, 0.5) is 0 Å². The van der Waals surface area contributed by atoms with E-state index < -0.39 is 10.0 Å². The number of piperidine rings is 1. The second-order valence-corrected chi connectivity index (χ2v) is 6.73. The lowest BCUT2D eigenvalue weighted by atomic mass is 10.0. The van der Waals surface area contributed by atoms with Gasteiger partial charge < -0.3 is 5.32 Å². The molecule has 0 aromatic heterocycles. The van der Waals surface area contributed by atoms with Crippen molar-refractivity contribution in [2.75, 3.05) is 19.3 Å². The predicted molar refractivity (Wildman–Crippen MR) is 66.9 cm³/mol. The largest absolute Gasteiger partial charge is 0.320 e. The second kappa shape index (κ2) is 5.98. The summed E-state index contributed by atoms with van der Waals surface area (Å²) in [6.07, 6.45) is 3.82. The highest BCUT2D eigenvalue weighted by molar-refractivity contribution is 7.89. The van der Waals surface area contributed by atoms with E-state index in [1.807, 2.05) is 20.9 Å². The topological polar surface area (TPSA) is 49.4 Å². The summed E-state index contributed by atoms with van der Waals surface area (Å²) in [7, 11) is -1.21. The molecular formula is C11H24N2O2S. The van der Waals surface area contributed by atoms with E-state index in [4.69, 9.17) is 0 Å². The molecule has 1 N–H and O–H groups in total. The molecular weight excluding hydrogens is 224 g/mol. The van der Waals surface area contributed by atoms with Crippen LogP contribution in [0.15, 0.2) is 0 Å². The zero-order chi connectivity index (χ0) is 12.2. The van der Waals surface area contributed by atoms with Gasteiger partial charge in [-0.25, -0.2) is 8.42 Å². The van der Waals surface area contributed by atoms with E-state index in [0.717, 1.165) is 25.8 Å². The molecule has 1 aliphatic heterocycles. The summed E-state index contributed by atoms with van der Waals surface area (Å²) in [6.45, 7) is 4.80. The van der Waals surface area contributed by atoms with Gasteiger partial charge in [0.05, 0.1) is 5.75 Å². The van der Waals surface area contributed by atoms with Gasteiger partial charge in [-0.15, -0.1) is 0 Å². The van der Waals surface area contributed by atoms with Crippen LogP contribution in [-0.4, -0.2) is 44.2 Å². The number of hydrogen-bond acceptors (Lipinski definition) is 3. The number of sulfonamides is 1. The molecule has 0 amide bonds. The van der Waals surface area contributed by atoms with E-state index in [0.29, 0.717) is 6.42 Å². The third-order valence-electron chi connectivity index (χ3n) is 3.26. The molecule has 0 aliphatic carbocycles. The van der Waals surface area contributed by atoms with Crippen molar-refractivity contribution in [1.82, 2.24) is 9.62 Å². The Hall–Kier alpha value is -0.130. The monoisotopic (exact) mass is 248 g/mol. The third kappa shape index (κ3) is 3.43. The van der Waals surface area contributed by atoms with Crippen molar-refractivity contribution in [3.8, 4) is 0 Å². The summed E-state index contributed by atoms with van der Waals surface area (Å²) >= 11 is 0. The number of nitrogens with zero attached hydrogens (tertiary/aromatic N) is 1. The average molecular weight is 248 g/mol. The molecule has 5 heteroatoms. The summed E-state index contributed by atoms with van der Waals surface area (Å²) in [4.78, 5) is 0. The van der Waals surface area contributed by atoms with Crippen LogP contribution >= 0.6 is 0 Å². The fourth-order valence-corrected chi connectivity index (χ4v) is 4.51. The molecule has 0 spiro atoms. The summed E-state index contributed by atoms with van der Waals surface area (Å²) in [6, 6.07) is 0.340. The van der Waals surface area contributed by atoms with Gasteiger partial charge in [0, 0.05) is 12.1 Å². The summed E-state index contributed by atoms with van der Waals surface area (Å²) in [5, 5.41) is 2.98. The summed E-state index contributed by atoms with van der Waals surface area (Å²) in [5.74, 6) is 0.266. The Morgan fingerprint density at radius 2 is 1.81 bits per heavy atom. The maximum Gasteiger partial charge on any atom is 0.214 e. The highest BCUT2D eigenvalue weighted by Crippen LogP contribution is 2.25. The first kappa shape index (κ1) is 13.9. The Balaban J connectivity index is 2.64. The van der Waals surface area contributed by atoms with E-state index >= 15 is 0 Å². The number of rotatable bonds is 5. The van der Waals surface area contributed by atoms with Gasteiger partial charge in [0.25, 0.3) is 0 Å². The molecule has 1 fully saturated rings. The zero-order valence-corrected chi connectivity index (χ0v) is 11.4. The first-order valence-electron chi connectivity index (χ1n) is 6.15. The van der Waals surface area contributed by atoms with Crippen molar-refractivity contribution >= 4 is 10.0 Å². The number of hydrogen-bond donors (Lipinski definition) is 1. The van der Waals surface area contributed by atoms with Gasteiger partial charge in [-0.1, -0.05) is 6.42 Å². The SMILES string of the molecule is CNCCCS(=O)(=O)N1C(C)CCCC1C. The Morgan fingerprint density at radius 3 is 2.31 bits per heavy atom. The van der Waals surface area contributed by atoms with E-state index in [1.54, 1.807) is 4.31 Å². The van der Waals surface area contributed by atoms with Gasteiger partial charge in [0.2, 0.25) is 10.0 Å². The van der Waals surface area contributed by atoms with Gasteiger partial charge >= 0.3 is 0 Å². The first-order valence-corrected chi connectivity index (χ1v) is 7.75. The standard InChI is InChI=1S/C11H24N2O2S/c1-10-6-4-7-11(2)13(10)16(14,15)9-5-8-12-3/h10-12H,4-9H2,1-3H3. The molecule has 1 rings (SSSR count). The lowest BCUT2D eigenvalue weighted by Crippen LogP contribution is -2.48. The van der Waals surface area contributed by atoms with Crippen LogP contribution < -0.4 is 5.32 Å². The average Bonchev–Trinajstić information content (AvgIpc) is 2.17. The maximum absolute atomic E-state index is 12.2. The molecule has 0 saturated carbocycles. The molecule has 4 nitrogen and oxygen atoms in total. The highest BCUT2D eigenvalue weighted by atomic mass is 32.2. The van der Waals surface area contributed by atoms with Crippen molar-refractivity contribution in [1.29, 1.82) is 0 Å². The van der Waals surface area contributed by atoms with Gasteiger partial charge in [0.15, 0.2) is 0 Å². The minimum atomic E-state index is -3.06. The summed E-state index contributed by atoms with van der Waals surface area (Å²) < 4.78 is 26.1. The van der Waals surface area contributed by atoms with Crippen LogP contribution in [0.2, 0.25) is 0 Å². The van der Waals surface area contributed by atoms with Crippen LogP contribution in [0.5, 0.6) is 0 Å². The van der Waals surface area contributed by atoms with E-state index in [1.165, 1.54) is 0 Å².